The van der Waals surface area contributed by atoms with Gasteiger partial charge >= 0.3 is 5.97 Å². The molecule has 0 radical (unpaired) electrons. The van der Waals surface area contributed by atoms with Crippen molar-refractivity contribution in [1.29, 1.82) is 0 Å². The van der Waals surface area contributed by atoms with Gasteiger partial charge in [0.15, 0.2) is 6.29 Å². The van der Waals surface area contributed by atoms with E-state index in [0.717, 1.165) is 49.0 Å². The number of carbonyl (C=O) groups is 2. The van der Waals surface area contributed by atoms with E-state index in [1.54, 1.807) is 19.2 Å². The average molecular weight is 527 g/mol. The summed E-state index contributed by atoms with van der Waals surface area (Å²) in [6.07, 6.45) is 2.64. The first-order chi connectivity index (χ1) is 18.4. The monoisotopic (exact) mass is 526 g/mol. The van der Waals surface area contributed by atoms with Crippen molar-refractivity contribution in [3.05, 3.63) is 65.2 Å². The normalized spacial score (nSPS) is 23.8. The van der Waals surface area contributed by atoms with Gasteiger partial charge in [0.2, 0.25) is 5.91 Å². The number of anilines is 1. The number of carboxylic acids is 1. The van der Waals surface area contributed by atoms with E-state index in [4.69, 9.17) is 19.3 Å². The van der Waals surface area contributed by atoms with Crippen LogP contribution in [0.5, 0.6) is 0 Å². The van der Waals surface area contributed by atoms with Crippen LogP contribution < -0.4 is 5.32 Å². The van der Waals surface area contributed by atoms with Crippen molar-refractivity contribution in [3.8, 4) is 0 Å². The smallest absolute Gasteiger partial charge is 0.303 e. The molecule has 2 aliphatic rings. The van der Waals surface area contributed by atoms with E-state index in [-0.39, 0.29) is 37.6 Å². The Morgan fingerprint density at radius 3 is 2.47 bits per heavy atom. The van der Waals surface area contributed by atoms with E-state index in [9.17, 15) is 14.7 Å². The maximum absolute atomic E-state index is 12.1. The zero-order valence-corrected chi connectivity index (χ0v) is 21.9. The van der Waals surface area contributed by atoms with Gasteiger partial charge < -0.3 is 29.7 Å². The molecule has 38 heavy (non-hydrogen) atoms. The Morgan fingerprint density at radius 2 is 1.79 bits per heavy atom. The summed E-state index contributed by atoms with van der Waals surface area (Å²) in [5.74, 6) is -1.12. The van der Waals surface area contributed by atoms with E-state index >= 15 is 0 Å². The van der Waals surface area contributed by atoms with Gasteiger partial charge in [-0.15, -0.1) is 0 Å². The Balaban J connectivity index is 1.45. The number of aliphatic hydroxyl groups excluding tert-OH is 1. The molecule has 9 nitrogen and oxygen atoms in total. The third kappa shape index (κ3) is 7.85. The Bertz CT molecular complexity index is 1040. The van der Waals surface area contributed by atoms with Crippen LogP contribution in [-0.4, -0.2) is 65.9 Å². The predicted octanol–water partition coefficient (Wildman–Crippen LogP) is 4.03. The van der Waals surface area contributed by atoms with Gasteiger partial charge in [0.25, 0.3) is 0 Å². The molecule has 0 spiro atoms. The number of aliphatic carboxylic acids is 1. The molecule has 4 rings (SSSR count). The van der Waals surface area contributed by atoms with Crippen molar-refractivity contribution in [3.63, 3.8) is 0 Å². The SMILES string of the molecule is COCC1CCCN1CC1CC(c2ccc(CO)cc2)OC(c2ccc(NC(=O)CCCC(=O)O)cc2)O1. The van der Waals surface area contributed by atoms with Crippen LogP contribution in [0.1, 0.15) is 67.6 Å². The zero-order valence-electron chi connectivity index (χ0n) is 21.9. The largest absolute Gasteiger partial charge is 0.481 e. The molecule has 4 unspecified atom stereocenters. The number of amides is 1. The lowest BCUT2D eigenvalue weighted by Gasteiger charge is -2.38. The Hall–Kier alpha value is -2.82. The minimum absolute atomic E-state index is 0.00153. The van der Waals surface area contributed by atoms with Gasteiger partial charge in [0, 0.05) is 50.2 Å². The van der Waals surface area contributed by atoms with Crippen molar-refractivity contribution in [2.75, 3.05) is 32.1 Å². The van der Waals surface area contributed by atoms with Crippen LogP contribution in [0, 0.1) is 0 Å². The fourth-order valence-electron chi connectivity index (χ4n) is 5.16. The molecule has 2 aromatic rings. The van der Waals surface area contributed by atoms with Crippen LogP contribution in [0.25, 0.3) is 0 Å². The molecule has 2 aromatic carbocycles. The Morgan fingerprint density at radius 1 is 1.05 bits per heavy atom. The standard InChI is InChI=1S/C29H38N2O7/c1-36-19-24-4-3-15-31(24)17-25-16-26(21-9-7-20(18-32)8-10-21)38-29(37-25)22-11-13-23(14-12-22)30-27(33)5-2-6-28(34)35/h7-14,24-26,29,32H,2-6,15-19H2,1H3,(H,30,33)(H,34,35). The van der Waals surface area contributed by atoms with Gasteiger partial charge in [-0.05, 0) is 49.1 Å². The molecule has 4 atom stereocenters. The molecule has 2 saturated heterocycles. The molecule has 206 valence electrons. The molecule has 2 fully saturated rings. The maximum atomic E-state index is 12.1. The zero-order chi connectivity index (χ0) is 26.9. The van der Waals surface area contributed by atoms with Crippen molar-refractivity contribution < 1.29 is 34.0 Å². The predicted molar refractivity (Wildman–Crippen MR) is 141 cm³/mol. The van der Waals surface area contributed by atoms with Gasteiger partial charge in [-0.25, -0.2) is 0 Å². The van der Waals surface area contributed by atoms with Crippen molar-refractivity contribution in [2.24, 2.45) is 0 Å². The van der Waals surface area contributed by atoms with Crippen LogP contribution in [-0.2, 0) is 30.4 Å². The summed E-state index contributed by atoms with van der Waals surface area (Å²) in [5, 5.41) is 21.0. The average Bonchev–Trinajstić information content (AvgIpc) is 3.35. The lowest BCUT2D eigenvalue weighted by Crippen LogP contribution is -2.42. The van der Waals surface area contributed by atoms with Crippen LogP contribution in [0.15, 0.2) is 48.5 Å². The number of carbonyl (C=O) groups excluding carboxylic acids is 1. The minimum atomic E-state index is -0.908. The molecule has 0 bridgehead atoms. The summed E-state index contributed by atoms with van der Waals surface area (Å²) in [6.45, 7) is 2.53. The fourth-order valence-corrected chi connectivity index (χ4v) is 5.16. The molecule has 9 heteroatoms. The number of ether oxygens (including phenoxy) is 3. The summed E-state index contributed by atoms with van der Waals surface area (Å²) in [5.41, 5.74) is 3.39. The first kappa shape index (κ1) is 28.2. The number of nitrogens with zero attached hydrogens (tertiary/aromatic N) is 1. The van der Waals surface area contributed by atoms with Gasteiger partial charge in [-0.3, -0.25) is 14.5 Å². The highest BCUT2D eigenvalue weighted by atomic mass is 16.7. The molecule has 0 aliphatic carbocycles. The topological polar surface area (TPSA) is 118 Å². The number of benzene rings is 2. The van der Waals surface area contributed by atoms with Crippen LogP contribution in [0.3, 0.4) is 0 Å². The molecule has 1 amide bonds. The Kier molecular flexibility index (Phi) is 10.3. The van der Waals surface area contributed by atoms with Crippen LogP contribution in [0.4, 0.5) is 5.69 Å². The quantitative estimate of drug-likeness (QED) is 0.380. The maximum Gasteiger partial charge on any atom is 0.303 e. The number of nitrogens with one attached hydrogen (secondary N) is 1. The van der Waals surface area contributed by atoms with E-state index in [1.807, 2.05) is 36.4 Å². The van der Waals surface area contributed by atoms with E-state index in [2.05, 4.69) is 10.2 Å². The van der Waals surface area contributed by atoms with Crippen molar-refractivity contribution in [2.45, 2.75) is 69.7 Å². The van der Waals surface area contributed by atoms with Gasteiger partial charge in [0.1, 0.15) is 0 Å². The lowest BCUT2D eigenvalue weighted by molar-refractivity contribution is -0.253. The highest BCUT2D eigenvalue weighted by Crippen LogP contribution is 2.39. The summed E-state index contributed by atoms with van der Waals surface area (Å²) in [4.78, 5) is 25.2. The number of hydrogen-bond donors (Lipinski definition) is 3. The number of rotatable bonds is 12. The van der Waals surface area contributed by atoms with Crippen LogP contribution in [0.2, 0.25) is 0 Å². The second kappa shape index (κ2) is 13.8. The molecular formula is C29H38N2O7. The van der Waals surface area contributed by atoms with E-state index in [0.29, 0.717) is 24.8 Å². The summed E-state index contributed by atoms with van der Waals surface area (Å²) in [7, 11) is 1.74. The van der Waals surface area contributed by atoms with Crippen LogP contribution >= 0.6 is 0 Å². The first-order valence-corrected chi connectivity index (χ1v) is 13.3. The molecule has 3 N–H and O–H groups in total. The number of methoxy groups -OCH3 is 1. The highest BCUT2D eigenvalue weighted by Gasteiger charge is 2.35. The number of aliphatic hydroxyl groups is 1. The minimum Gasteiger partial charge on any atom is -0.481 e. The number of hydrogen-bond acceptors (Lipinski definition) is 7. The molecule has 2 aliphatic heterocycles. The third-order valence-corrected chi connectivity index (χ3v) is 7.17. The van der Waals surface area contributed by atoms with E-state index in [1.165, 1.54) is 0 Å². The second-order valence-electron chi connectivity index (χ2n) is 10.0. The third-order valence-electron chi connectivity index (χ3n) is 7.17. The molecule has 2 heterocycles. The summed E-state index contributed by atoms with van der Waals surface area (Å²) < 4.78 is 18.3. The van der Waals surface area contributed by atoms with Crippen molar-refractivity contribution >= 4 is 17.6 Å². The number of carboxylic acid groups (broad SMARTS) is 1. The molecular weight excluding hydrogens is 488 g/mol. The van der Waals surface area contributed by atoms with Gasteiger partial charge in [-0.1, -0.05) is 36.4 Å². The number of likely N-dealkylation sites (tertiary alicyclic amines) is 1. The van der Waals surface area contributed by atoms with Gasteiger partial charge in [0.05, 0.1) is 25.4 Å². The molecule has 0 aromatic heterocycles. The Labute approximate surface area is 223 Å². The van der Waals surface area contributed by atoms with E-state index < -0.39 is 12.3 Å². The lowest BCUT2D eigenvalue weighted by atomic mass is 9.99. The highest BCUT2D eigenvalue weighted by molar-refractivity contribution is 5.90. The second-order valence-corrected chi connectivity index (χ2v) is 10.0. The van der Waals surface area contributed by atoms with Gasteiger partial charge in [-0.2, -0.15) is 0 Å². The molecule has 0 saturated carbocycles. The fraction of sp³-hybridized carbons (Fsp3) is 0.517. The summed E-state index contributed by atoms with van der Waals surface area (Å²) >= 11 is 0. The van der Waals surface area contributed by atoms with Crippen molar-refractivity contribution in [1.82, 2.24) is 4.90 Å². The summed E-state index contributed by atoms with van der Waals surface area (Å²) in [6, 6.07) is 15.6. The first-order valence-electron chi connectivity index (χ1n) is 13.3.